The molecule has 1 fully saturated rings. The predicted molar refractivity (Wildman–Crippen MR) is 86.4 cm³/mol. The van der Waals surface area contributed by atoms with Crippen LogP contribution in [0.1, 0.15) is 19.4 Å². The Morgan fingerprint density at radius 2 is 1.76 bits per heavy atom. The molecule has 21 heavy (non-hydrogen) atoms. The van der Waals surface area contributed by atoms with Gasteiger partial charge in [0, 0.05) is 38.1 Å². The fraction of sp³-hybridized carbons (Fsp3) is 0.588. The maximum absolute atomic E-state index is 12.2. The second-order valence-electron chi connectivity index (χ2n) is 6.54. The zero-order valence-electron chi connectivity index (χ0n) is 13.4. The molecule has 0 aliphatic carbocycles. The molecule has 0 unspecified atom stereocenters. The van der Waals surface area contributed by atoms with Crippen molar-refractivity contribution in [2.75, 3.05) is 46.3 Å². The molecule has 1 aliphatic rings. The lowest BCUT2D eigenvalue weighted by atomic mass is 9.84. The molecule has 1 aliphatic heterocycles. The van der Waals surface area contributed by atoms with E-state index >= 15 is 0 Å². The largest absolute Gasteiger partial charge is 0.339 e. The van der Waals surface area contributed by atoms with Gasteiger partial charge in [0.25, 0.3) is 0 Å². The van der Waals surface area contributed by atoms with E-state index in [0.717, 1.165) is 32.7 Å². The molecule has 1 saturated heterocycles. The Bertz CT molecular complexity index is 450. The van der Waals surface area contributed by atoms with Crippen molar-refractivity contribution in [3.8, 4) is 0 Å². The third kappa shape index (κ3) is 4.55. The first kappa shape index (κ1) is 16.0. The minimum absolute atomic E-state index is 0.0314. The Morgan fingerprint density at radius 1 is 1.14 bits per heavy atom. The number of nitrogens with one attached hydrogen (secondary N) is 1. The smallest absolute Gasteiger partial charge is 0.236 e. The van der Waals surface area contributed by atoms with Crippen molar-refractivity contribution in [3.05, 3.63) is 35.9 Å². The minimum Gasteiger partial charge on any atom is -0.339 e. The molecule has 4 nitrogen and oxygen atoms in total. The van der Waals surface area contributed by atoms with Crippen LogP contribution in [0.25, 0.3) is 0 Å². The average molecular weight is 289 g/mol. The van der Waals surface area contributed by atoms with Crippen LogP contribution in [0, 0.1) is 0 Å². The summed E-state index contributed by atoms with van der Waals surface area (Å²) < 4.78 is 0. The van der Waals surface area contributed by atoms with Crippen LogP contribution in [0.5, 0.6) is 0 Å². The van der Waals surface area contributed by atoms with Crippen molar-refractivity contribution in [3.63, 3.8) is 0 Å². The second kappa shape index (κ2) is 7.05. The zero-order valence-corrected chi connectivity index (χ0v) is 13.4. The van der Waals surface area contributed by atoms with Crippen LogP contribution in [-0.2, 0) is 10.2 Å². The number of carbonyl (C=O) groups is 1. The molecule has 0 radical (unpaired) electrons. The Kier molecular flexibility index (Phi) is 5.37. The first-order valence-corrected chi connectivity index (χ1v) is 7.71. The van der Waals surface area contributed by atoms with Gasteiger partial charge < -0.3 is 15.1 Å². The number of hydrogen-bond donors (Lipinski definition) is 1. The molecule has 0 atom stereocenters. The van der Waals surface area contributed by atoms with E-state index in [4.69, 9.17) is 0 Å². The average Bonchev–Trinajstić information content (AvgIpc) is 2.48. The molecule has 0 spiro atoms. The number of rotatable bonds is 5. The molecule has 1 amide bonds. The lowest BCUT2D eigenvalue weighted by Crippen LogP contribution is -2.50. The molecule has 1 N–H and O–H groups in total. The molecule has 1 heterocycles. The summed E-state index contributed by atoms with van der Waals surface area (Å²) in [6.45, 7) is 9.28. The fourth-order valence-electron chi connectivity index (χ4n) is 2.64. The van der Waals surface area contributed by atoms with Gasteiger partial charge in [0.1, 0.15) is 0 Å². The van der Waals surface area contributed by atoms with Crippen molar-refractivity contribution in [1.29, 1.82) is 0 Å². The minimum atomic E-state index is 0.0314. The van der Waals surface area contributed by atoms with Crippen molar-refractivity contribution < 1.29 is 4.79 Å². The number of carbonyl (C=O) groups excluding carboxylic acids is 1. The molecule has 116 valence electrons. The highest BCUT2D eigenvalue weighted by Gasteiger charge is 2.22. The van der Waals surface area contributed by atoms with Crippen molar-refractivity contribution in [1.82, 2.24) is 15.1 Å². The van der Waals surface area contributed by atoms with Crippen molar-refractivity contribution in [2.45, 2.75) is 19.3 Å². The first-order valence-electron chi connectivity index (χ1n) is 7.71. The van der Waals surface area contributed by atoms with Gasteiger partial charge in [0.2, 0.25) is 5.91 Å². The van der Waals surface area contributed by atoms with Gasteiger partial charge in [0.05, 0.1) is 6.54 Å². The lowest BCUT2D eigenvalue weighted by Gasteiger charge is -2.33. The van der Waals surface area contributed by atoms with Crippen LogP contribution in [-0.4, -0.2) is 62.0 Å². The standard InChI is InChI=1S/C17H27N3O/c1-17(2,15-7-5-4-6-8-15)14-18-13-16(21)20-11-9-19(3)10-12-20/h4-8,18H,9-14H2,1-3H3. The van der Waals surface area contributed by atoms with E-state index in [9.17, 15) is 4.79 Å². The topological polar surface area (TPSA) is 35.6 Å². The lowest BCUT2D eigenvalue weighted by molar-refractivity contribution is -0.131. The van der Waals surface area contributed by atoms with Gasteiger partial charge in [-0.25, -0.2) is 0 Å². The maximum atomic E-state index is 12.2. The molecule has 1 aromatic rings. The number of amides is 1. The van der Waals surface area contributed by atoms with Crippen molar-refractivity contribution in [2.24, 2.45) is 0 Å². The normalized spacial score (nSPS) is 17.0. The van der Waals surface area contributed by atoms with Crippen molar-refractivity contribution >= 4 is 5.91 Å². The highest BCUT2D eigenvalue weighted by atomic mass is 16.2. The second-order valence-corrected chi connectivity index (χ2v) is 6.54. The first-order chi connectivity index (χ1) is 9.99. The number of likely N-dealkylation sites (N-methyl/N-ethyl adjacent to an activating group) is 1. The van der Waals surface area contributed by atoms with Gasteiger partial charge in [-0.15, -0.1) is 0 Å². The van der Waals surface area contributed by atoms with E-state index in [-0.39, 0.29) is 11.3 Å². The summed E-state index contributed by atoms with van der Waals surface area (Å²) in [7, 11) is 2.10. The monoisotopic (exact) mass is 289 g/mol. The number of piperazine rings is 1. The fourth-order valence-corrected chi connectivity index (χ4v) is 2.64. The summed E-state index contributed by atoms with van der Waals surface area (Å²) in [5.41, 5.74) is 1.33. The molecular formula is C17H27N3O. The summed E-state index contributed by atoms with van der Waals surface area (Å²) in [6, 6.07) is 10.4. The summed E-state index contributed by atoms with van der Waals surface area (Å²) in [5.74, 6) is 0.215. The zero-order chi connectivity index (χ0) is 15.3. The summed E-state index contributed by atoms with van der Waals surface area (Å²) in [4.78, 5) is 16.4. The van der Waals surface area contributed by atoms with E-state index < -0.39 is 0 Å². The van der Waals surface area contributed by atoms with Crippen LogP contribution in [0.15, 0.2) is 30.3 Å². The molecular weight excluding hydrogens is 262 g/mol. The van der Waals surface area contributed by atoms with E-state index in [0.29, 0.717) is 6.54 Å². The van der Waals surface area contributed by atoms with Gasteiger partial charge in [-0.2, -0.15) is 0 Å². The Labute approximate surface area is 128 Å². The summed E-state index contributed by atoms with van der Waals surface area (Å²) >= 11 is 0. The molecule has 2 rings (SSSR count). The molecule has 4 heteroatoms. The number of benzene rings is 1. The van der Waals surface area contributed by atoms with E-state index in [1.54, 1.807) is 0 Å². The van der Waals surface area contributed by atoms with E-state index in [1.165, 1.54) is 5.56 Å². The van der Waals surface area contributed by atoms with Gasteiger partial charge in [-0.1, -0.05) is 44.2 Å². The van der Waals surface area contributed by atoms with Gasteiger partial charge in [-0.3, -0.25) is 4.79 Å². The highest BCUT2D eigenvalue weighted by molar-refractivity contribution is 5.78. The van der Waals surface area contributed by atoms with E-state index in [2.05, 4.69) is 55.4 Å². The van der Waals surface area contributed by atoms with Gasteiger partial charge >= 0.3 is 0 Å². The third-order valence-corrected chi connectivity index (χ3v) is 4.25. The molecule has 0 bridgehead atoms. The van der Waals surface area contributed by atoms with Crippen LogP contribution in [0.3, 0.4) is 0 Å². The number of nitrogens with zero attached hydrogens (tertiary/aromatic N) is 2. The Balaban J connectivity index is 1.77. The van der Waals surface area contributed by atoms with Gasteiger partial charge in [0.15, 0.2) is 0 Å². The Hall–Kier alpha value is -1.39. The van der Waals surface area contributed by atoms with Crippen LogP contribution >= 0.6 is 0 Å². The molecule has 0 saturated carbocycles. The van der Waals surface area contributed by atoms with Crippen LogP contribution in [0.4, 0.5) is 0 Å². The Morgan fingerprint density at radius 3 is 2.38 bits per heavy atom. The molecule has 1 aromatic carbocycles. The third-order valence-electron chi connectivity index (χ3n) is 4.25. The van der Waals surface area contributed by atoms with Gasteiger partial charge in [-0.05, 0) is 12.6 Å². The summed E-state index contributed by atoms with van der Waals surface area (Å²) in [6.07, 6.45) is 0. The summed E-state index contributed by atoms with van der Waals surface area (Å²) in [5, 5.41) is 3.33. The highest BCUT2D eigenvalue weighted by Crippen LogP contribution is 2.21. The predicted octanol–water partition coefficient (Wildman–Crippen LogP) is 1.33. The van der Waals surface area contributed by atoms with Crippen LogP contribution < -0.4 is 5.32 Å². The maximum Gasteiger partial charge on any atom is 0.236 e. The number of hydrogen-bond acceptors (Lipinski definition) is 3. The molecule has 0 aromatic heterocycles. The van der Waals surface area contributed by atoms with Crippen LogP contribution in [0.2, 0.25) is 0 Å². The quantitative estimate of drug-likeness (QED) is 0.888. The van der Waals surface area contributed by atoms with E-state index in [1.807, 2.05) is 11.0 Å². The SMILES string of the molecule is CN1CCN(C(=O)CNCC(C)(C)c2ccccc2)CC1.